The van der Waals surface area contributed by atoms with Gasteiger partial charge in [-0.1, -0.05) is 23.7 Å². The van der Waals surface area contributed by atoms with Crippen molar-refractivity contribution in [2.24, 2.45) is 0 Å². The lowest BCUT2D eigenvalue weighted by atomic mass is 9.96. The van der Waals surface area contributed by atoms with Crippen LogP contribution < -0.4 is 5.32 Å². The molecule has 70 valence electrons. The van der Waals surface area contributed by atoms with Gasteiger partial charge in [0.15, 0.2) is 0 Å². The molecule has 1 heterocycles. The molecule has 2 rings (SSSR count). The predicted octanol–water partition coefficient (Wildman–Crippen LogP) is 1.39. The lowest BCUT2D eigenvalue weighted by Gasteiger charge is -2.13. The first-order chi connectivity index (χ1) is 6.27. The summed E-state index contributed by atoms with van der Waals surface area (Å²) in [6.07, 6.45) is -0.263. The van der Waals surface area contributed by atoms with Crippen molar-refractivity contribution < 1.29 is 5.11 Å². The first-order valence-corrected chi connectivity index (χ1v) is 4.79. The molecule has 0 aliphatic carbocycles. The molecule has 1 fully saturated rings. The highest BCUT2D eigenvalue weighted by Gasteiger charge is 2.25. The van der Waals surface area contributed by atoms with Gasteiger partial charge in [-0.25, -0.2) is 0 Å². The van der Waals surface area contributed by atoms with Crippen LogP contribution in [0.3, 0.4) is 0 Å². The first kappa shape index (κ1) is 9.00. The molecule has 2 N–H and O–H groups in total. The second kappa shape index (κ2) is 3.66. The summed E-state index contributed by atoms with van der Waals surface area (Å²) in [5.74, 6) is 0.220. The first-order valence-electron chi connectivity index (χ1n) is 4.41. The molecule has 2 nitrogen and oxygen atoms in total. The number of rotatable bonds is 1. The maximum Gasteiger partial charge on any atom is 0.0745 e. The van der Waals surface area contributed by atoms with Gasteiger partial charge in [0, 0.05) is 24.0 Å². The molecule has 0 spiro atoms. The van der Waals surface area contributed by atoms with Crippen LogP contribution in [0.15, 0.2) is 24.3 Å². The van der Waals surface area contributed by atoms with Gasteiger partial charge in [-0.15, -0.1) is 0 Å². The molecule has 1 aromatic rings. The van der Waals surface area contributed by atoms with E-state index in [-0.39, 0.29) is 12.0 Å². The number of β-amino-alcohol motifs (C(OH)–C–C–N with tert-alkyl or cyclic N) is 1. The van der Waals surface area contributed by atoms with Gasteiger partial charge in [0.1, 0.15) is 0 Å². The smallest absolute Gasteiger partial charge is 0.0745 e. The molecule has 0 aromatic heterocycles. The summed E-state index contributed by atoms with van der Waals surface area (Å²) in [6.45, 7) is 1.54. The summed E-state index contributed by atoms with van der Waals surface area (Å²) in [7, 11) is 0. The largest absolute Gasteiger partial charge is 0.391 e. The molecule has 3 heteroatoms. The van der Waals surface area contributed by atoms with Gasteiger partial charge in [-0.3, -0.25) is 0 Å². The Morgan fingerprint density at radius 3 is 2.46 bits per heavy atom. The van der Waals surface area contributed by atoms with Crippen LogP contribution in [-0.2, 0) is 0 Å². The van der Waals surface area contributed by atoms with Crippen LogP contribution in [-0.4, -0.2) is 24.3 Å². The molecule has 13 heavy (non-hydrogen) atoms. The third kappa shape index (κ3) is 1.85. The van der Waals surface area contributed by atoms with E-state index >= 15 is 0 Å². The molecular weight excluding hydrogens is 186 g/mol. The van der Waals surface area contributed by atoms with Crippen molar-refractivity contribution in [3.63, 3.8) is 0 Å². The van der Waals surface area contributed by atoms with E-state index in [0.29, 0.717) is 6.54 Å². The average Bonchev–Trinajstić information content (AvgIpc) is 2.53. The topological polar surface area (TPSA) is 32.3 Å². The second-order valence-corrected chi connectivity index (χ2v) is 3.82. The monoisotopic (exact) mass is 197 g/mol. The molecule has 2 unspecified atom stereocenters. The van der Waals surface area contributed by atoms with Crippen LogP contribution >= 0.6 is 11.6 Å². The van der Waals surface area contributed by atoms with Crippen LogP contribution in [0.4, 0.5) is 0 Å². The minimum absolute atomic E-state index is 0.220. The number of aliphatic hydroxyl groups excluding tert-OH is 1. The quantitative estimate of drug-likeness (QED) is 0.713. The highest BCUT2D eigenvalue weighted by molar-refractivity contribution is 6.30. The van der Waals surface area contributed by atoms with Crippen molar-refractivity contribution in [1.29, 1.82) is 0 Å². The Balaban J connectivity index is 2.20. The summed E-state index contributed by atoms with van der Waals surface area (Å²) in [5, 5.41) is 13.5. The van der Waals surface area contributed by atoms with Gasteiger partial charge < -0.3 is 10.4 Å². The molecular formula is C10H12ClNO. The predicted molar refractivity (Wildman–Crippen MR) is 53.1 cm³/mol. The number of halogens is 1. The third-order valence-corrected chi connectivity index (χ3v) is 2.73. The molecule has 0 amide bonds. The average molecular weight is 198 g/mol. The summed E-state index contributed by atoms with van der Waals surface area (Å²) >= 11 is 5.78. The zero-order valence-corrected chi connectivity index (χ0v) is 7.96. The molecule has 1 saturated heterocycles. The van der Waals surface area contributed by atoms with Crippen molar-refractivity contribution >= 4 is 11.6 Å². The fraction of sp³-hybridized carbons (Fsp3) is 0.400. The summed E-state index contributed by atoms with van der Waals surface area (Å²) < 4.78 is 0. The Labute approximate surface area is 82.5 Å². The Bertz CT molecular complexity index is 285. The van der Waals surface area contributed by atoms with E-state index in [9.17, 15) is 5.11 Å². The number of hydrogen-bond donors (Lipinski definition) is 2. The summed E-state index contributed by atoms with van der Waals surface area (Å²) in [6, 6.07) is 7.68. The van der Waals surface area contributed by atoms with Gasteiger partial charge in [0.2, 0.25) is 0 Å². The lowest BCUT2D eigenvalue weighted by molar-refractivity contribution is 0.178. The maximum absolute atomic E-state index is 9.62. The summed E-state index contributed by atoms with van der Waals surface area (Å²) in [4.78, 5) is 0. The van der Waals surface area contributed by atoms with Crippen molar-refractivity contribution in [2.75, 3.05) is 13.1 Å². The fourth-order valence-corrected chi connectivity index (χ4v) is 1.84. The van der Waals surface area contributed by atoms with E-state index in [2.05, 4.69) is 5.32 Å². The molecule has 0 saturated carbocycles. The zero-order chi connectivity index (χ0) is 9.26. The standard InChI is InChI=1S/C10H12ClNO/c11-8-3-1-7(2-4-8)9-5-12-6-10(9)13/h1-4,9-10,12-13H,5-6H2. The van der Waals surface area contributed by atoms with Crippen LogP contribution in [0.2, 0.25) is 5.02 Å². The molecule has 1 aliphatic rings. The maximum atomic E-state index is 9.62. The van der Waals surface area contributed by atoms with Crippen molar-refractivity contribution in [3.05, 3.63) is 34.9 Å². The summed E-state index contributed by atoms with van der Waals surface area (Å²) in [5.41, 5.74) is 1.15. The number of benzene rings is 1. The van der Waals surface area contributed by atoms with E-state index in [1.54, 1.807) is 0 Å². The van der Waals surface area contributed by atoms with E-state index in [1.165, 1.54) is 0 Å². The van der Waals surface area contributed by atoms with Crippen LogP contribution in [0.25, 0.3) is 0 Å². The van der Waals surface area contributed by atoms with Crippen LogP contribution in [0.1, 0.15) is 11.5 Å². The Morgan fingerprint density at radius 1 is 1.23 bits per heavy atom. The fourth-order valence-electron chi connectivity index (χ4n) is 1.71. The minimum Gasteiger partial charge on any atom is -0.391 e. The molecule has 1 aliphatic heterocycles. The minimum atomic E-state index is -0.263. The number of aliphatic hydroxyl groups is 1. The molecule has 1 aromatic carbocycles. The third-order valence-electron chi connectivity index (χ3n) is 2.48. The molecule has 2 atom stereocenters. The Kier molecular flexibility index (Phi) is 2.54. The van der Waals surface area contributed by atoms with E-state index in [1.807, 2.05) is 24.3 Å². The second-order valence-electron chi connectivity index (χ2n) is 3.38. The van der Waals surface area contributed by atoms with E-state index in [0.717, 1.165) is 17.1 Å². The van der Waals surface area contributed by atoms with Crippen molar-refractivity contribution in [3.8, 4) is 0 Å². The number of hydrogen-bond acceptors (Lipinski definition) is 2. The van der Waals surface area contributed by atoms with Gasteiger partial charge in [-0.2, -0.15) is 0 Å². The van der Waals surface area contributed by atoms with Crippen molar-refractivity contribution in [2.45, 2.75) is 12.0 Å². The van der Waals surface area contributed by atoms with Gasteiger partial charge in [0.25, 0.3) is 0 Å². The van der Waals surface area contributed by atoms with Crippen LogP contribution in [0.5, 0.6) is 0 Å². The Morgan fingerprint density at radius 2 is 1.92 bits per heavy atom. The SMILES string of the molecule is OC1CNCC1c1ccc(Cl)cc1. The molecule has 0 radical (unpaired) electrons. The normalized spacial score (nSPS) is 27.8. The van der Waals surface area contributed by atoms with E-state index in [4.69, 9.17) is 11.6 Å². The number of nitrogens with one attached hydrogen (secondary N) is 1. The van der Waals surface area contributed by atoms with Crippen molar-refractivity contribution in [1.82, 2.24) is 5.32 Å². The zero-order valence-electron chi connectivity index (χ0n) is 7.20. The van der Waals surface area contributed by atoms with E-state index < -0.39 is 0 Å². The van der Waals surface area contributed by atoms with Crippen LogP contribution in [0, 0.1) is 0 Å². The highest BCUT2D eigenvalue weighted by Crippen LogP contribution is 2.23. The van der Waals surface area contributed by atoms with Gasteiger partial charge in [0.05, 0.1) is 6.10 Å². The van der Waals surface area contributed by atoms with Gasteiger partial charge >= 0.3 is 0 Å². The lowest BCUT2D eigenvalue weighted by Crippen LogP contribution is -2.15. The van der Waals surface area contributed by atoms with Gasteiger partial charge in [-0.05, 0) is 17.7 Å². The highest BCUT2D eigenvalue weighted by atomic mass is 35.5. The molecule has 0 bridgehead atoms. The Hall–Kier alpha value is -0.570.